The van der Waals surface area contributed by atoms with E-state index in [1.807, 2.05) is 6.08 Å². The summed E-state index contributed by atoms with van der Waals surface area (Å²) in [6, 6.07) is 8.54. The minimum atomic E-state index is 0.485. The normalized spacial score (nSPS) is 13.0. The summed E-state index contributed by atoms with van der Waals surface area (Å²) in [4.78, 5) is 0. The number of rotatable bonds is 4. The Labute approximate surface area is 87.0 Å². The Morgan fingerprint density at radius 3 is 2.64 bits per heavy atom. The standard InChI is InChI=1S/C14H18/c1-4-8-13(9-5-2)14-11-7-6-10-12(14)3/h4-7,9-11,13H,1,8H2,2-3H3/b9-5+. The Morgan fingerprint density at radius 1 is 1.36 bits per heavy atom. The van der Waals surface area contributed by atoms with Crippen molar-refractivity contribution in [3.63, 3.8) is 0 Å². The van der Waals surface area contributed by atoms with Crippen molar-refractivity contribution in [2.45, 2.75) is 26.2 Å². The van der Waals surface area contributed by atoms with Crippen LogP contribution in [0.1, 0.15) is 30.4 Å². The second-order valence-electron chi connectivity index (χ2n) is 3.51. The summed E-state index contributed by atoms with van der Waals surface area (Å²) in [6.07, 6.45) is 7.34. The van der Waals surface area contributed by atoms with E-state index in [1.165, 1.54) is 11.1 Å². The summed E-state index contributed by atoms with van der Waals surface area (Å²) in [5.41, 5.74) is 2.77. The molecule has 74 valence electrons. The number of hydrogen-bond donors (Lipinski definition) is 0. The van der Waals surface area contributed by atoms with Crippen LogP contribution in [0.25, 0.3) is 0 Å². The molecule has 14 heavy (non-hydrogen) atoms. The van der Waals surface area contributed by atoms with Crippen LogP contribution in [-0.4, -0.2) is 0 Å². The van der Waals surface area contributed by atoms with E-state index in [4.69, 9.17) is 0 Å². The van der Waals surface area contributed by atoms with Crippen molar-refractivity contribution in [2.24, 2.45) is 0 Å². The van der Waals surface area contributed by atoms with E-state index < -0.39 is 0 Å². The van der Waals surface area contributed by atoms with Crippen LogP contribution in [0.5, 0.6) is 0 Å². The molecular weight excluding hydrogens is 168 g/mol. The van der Waals surface area contributed by atoms with E-state index in [0.29, 0.717) is 5.92 Å². The van der Waals surface area contributed by atoms with E-state index in [9.17, 15) is 0 Å². The topological polar surface area (TPSA) is 0 Å². The minimum absolute atomic E-state index is 0.485. The average molecular weight is 186 g/mol. The van der Waals surface area contributed by atoms with Gasteiger partial charge in [0.15, 0.2) is 0 Å². The van der Waals surface area contributed by atoms with Crippen LogP contribution in [0.3, 0.4) is 0 Å². The van der Waals surface area contributed by atoms with Crippen LogP contribution in [0.15, 0.2) is 49.1 Å². The molecule has 0 aliphatic heterocycles. The highest BCUT2D eigenvalue weighted by atomic mass is 14.1. The Morgan fingerprint density at radius 2 is 2.07 bits per heavy atom. The Hall–Kier alpha value is -1.30. The predicted molar refractivity (Wildman–Crippen MR) is 63.5 cm³/mol. The largest absolute Gasteiger partial charge is 0.103 e. The predicted octanol–water partition coefficient (Wildman–Crippen LogP) is 4.23. The number of benzene rings is 1. The molecule has 0 heteroatoms. The SMILES string of the molecule is C=CCC(/C=C/C)c1ccccc1C. The second kappa shape index (κ2) is 5.43. The Balaban J connectivity index is 2.98. The summed E-state index contributed by atoms with van der Waals surface area (Å²) in [5, 5.41) is 0. The molecule has 0 aliphatic carbocycles. The van der Waals surface area contributed by atoms with Gasteiger partial charge in [0.05, 0.1) is 0 Å². The molecular formula is C14H18. The first-order chi connectivity index (χ1) is 6.79. The molecule has 0 heterocycles. The number of hydrogen-bond acceptors (Lipinski definition) is 0. The van der Waals surface area contributed by atoms with Gasteiger partial charge in [-0.15, -0.1) is 6.58 Å². The molecule has 0 N–H and O–H groups in total. The summed E-state index contributed by atoms with van der Waals surface area (Å²) in [6.45, 7) is 8.03. The van der Waals surface area contributed by atoms with Crippen LogP contribution < -0.4 is 0 Å². The van der Waals surface area contributed by atoms with Crippen molar-refractivity contribution in [3.05, 3.63) is 60.2 Å². The van der Waals surface area contributed by atoms with Gasteiger partial charge in [-0.2, -0.15) is 0 Å². The molecule has 0 radical (unpaired) electrons. The third-order valence-corrected chi connectivity index (χ3v) is 2.43. The summed E-state index contributed by atoms with van der Waals surface area (Å²) in [7, 11) is 0. The maximum absolute atomic E-state index is 3.80. The zero-order valence-electron chi connectivity index (χ0n) is 9.03. The van der Waals surface area contributed by atoms with Gasteiger partial charge in [0.2, 0.25) is 0 Å². The summed E-state index contributed by atoms with van der Waals surface area (Å²) in [5.74, 6) is 0.485. The second-order valence-corrected chi connectivity index (χ2v) is 3.51. The highest BCUT2D eigenvalue weighted by molar-refractivity contribution is 5.32. The van der Waals surface area contributed by atoms with Crippen molar-refractivity contribution in [2.75, 3.05) is 0 Å². The quantitative estimate of drug-likeness (QED) is 0.617. The van der Waals surface area contributed by atoms with Gasteiger partial charge in [-0.3, -0.25) is 0 Å². The van der Waals surface area contributed by atoms with Crippen molar-refractivity contribution >= 4 is 0 Å². The molecule has 0 aromatic heterocycles. The third-order valence-electron chi connectivity index (χ3n) is 2.43. The smallest absolute Gasteiger partial charge is 0.00548 e. The zero-order valence-corrected chi connectivity index (χ0v) is 9.03. The van der Waals surface area contributed by atoms with Crippen LogP contribution in [-0.2, 0) is 0 Å². The van der Waals surface area contributed by atoms with Gasteiger partial charge < -0.3 is 0 Å². The van der Waals surface area contributed by atoms with Gasteiger partial charge in [-0.1, -0.05) is 42.5 Å². The van der Waals surface area contributed by atoms with E-state index in [1.54, 1.807) is 0 Å². The van der Waals surface area contributed by atoms with Crippen LogP contribution >= 0.6 is 0 Å². The average Bonchev–Trinajstić information content (AvgIpc) is 2.18. The summed E-state index contributed by atoms with van der Waals surface area (Å²) < 4.78 is 0. The zero-order chi connectivity index (χ0) is 10.4. The van der Waals surface area contributed by atoms with Crippen molar-refractivity contribution in [3.8, 4) is 0 Å². The van der Waals surface area contributed by atoms with Crippen LogP contribution in [0.4, 0.5) is 0 Å². The van der Waals surface area contributed by atoms with Gasteiger partial charge in [-0.25, -0.2) is 0 Å². The monoisotopic (exact) mass is 186 g/mol. The van der Waals surface area contributed by atoms with Crippen molar-refractivity contribution in [1.82, 2.24) is 0 Å². The lowest BCUT2D eigenvalue weighted by atomic mass is 9.92. The lowest BCUT2D eigenvalue weighted by molar-refractivity contribution is 0.854. The molecule has 1 rings (SSSR count). The molecule has 0 saturated heterocycles. The number of aryl methyl sites for hydroxylation is 1. The fraction of sp³-hybridized carbons (Fsp3) is 0.286. The van der Waals surface area contributed by atoms with Gasteiger partial charge in [0.25, 0.3) is 0 Å². The lowest BCUT2D eigenvalue weighted by Gasteiger charge is -2.13. The molecule has 0 aliphatic rings. The summed E-state index contributed by atoms with van der Waals surface area (Å²) >= 11 is 0. The fourth-order valence-electron chi connectivity index (χ4n) is 1.72. The first-order valence-electron chi connectivity index (χ1n) is 5.08. The fourth-order valence-corrected chi connectivity index (χ4v) is 1.72. The minimum Gasteiger partial charge on any atom is -0.103 e. The number of allylic oxidation sites excluding steroid dienone is 3. The molecule has 1 aromatic rings. The third kappa shape index (κ3) is 2.59. The molecule has 0 nitrogen and oxygen atoms in total. The van der Waals surface area contributed by atoms with Crippen molar-refractivity contribution in [1.29, 1.82) is 0 Å². The van der Waals surface area contributed by atoms with E-state index in [2.05, 4.69) is 56.8 Å². The van der Waals surface area contributed by atoms with Crippen LogP contribution in [0, 0.1) is 6.92 Å². The molecule has 1 aromatic carbocycles. The van der Waals surface area contributed by atoms with Gasteiger partial charge >= 0.3 is 0 Å². The van der Waals surface area contributed by atoms with E-state index in [-0.39, 0.29) is 0 Å². The maximum atomic E-state index is 3.80. The first kappa shape index (κ1) is 10.8. The molecule has 0 fully saturated rings. The molecule has 1 atom stereocenters. The molecule has 0 saturated carbocycles. The molecule has 0 amide bonds. The van der Waals surface area contributed by atoms with Gasteiger partial charge in [0, 0.05) is 5.92 Å². The Kier molecular flexibility index (Phi) is 4.18. The molecule has 0 spiro atoms. The highest BCUT2D eigenvalue weighted by Crippen LogP contribution is 2.24. The highest BCUT2D eigenvalue weighted by Gasteiger charge is 2.07. The van der Waals surface area contributed by atoms with Crippen molar-refractivity contribution < 1.29 is 0 Å². The van der Waals surface area contributed by atoms with E-state index in [0.717, 1.165) is 6.42 Å². The molecule has 1 unspecified atom stereocenters. The maximum Gasteiger partial charge on any atom is 0.00548 e. The first-order valence-corrected chi connectivity index (χ1v) is 5.08. The lowest BCUT2D eigenvalue weighted by Crippen LogP contribution is -1.96. The molecule has 0 bridgehead atoms. The van der Waals surface area contributed by atoms with Crippen LogP contribution in [0.2, 0.25) is 0 Å². The Bertz CT molecular complexity index is 321. The van der Waals surface area contributed by atoms with E-state index >= 15 is 0 Å². The van der Waals surface area contributed by atoms with Gasteiger partial charge in [-0.05, 0) is 31.4 Å². The van der Waals surface area contributed by atoms with Gasteiger partial charge in [0.1, 0.15) is 0 Å².